The van der Waals surface area contributed by atoms with E-state index in [1.165, 1.54) is 11.3 Å². The molecule has 5 rings (SSSR count). The van der Waals surface area contributed by atoms with E-state index in [-0.39, 0.29) is 42.0 Å². The lowest BCUT2D eigenvalue weighted by Gasteiger charge is -2.16. The zero-order valence-corrected chi connectivity index (χ0v) is 15.4. The number of thiazole rings is 1. The Morgan fingerprint density at radius 3 is 2.59 bits per heavy atom. The summed E-state index contributed by atoms with van der Waals surface area (Å²) in [6.45, 7) is 1.58. The van der Waals surface area contributed by atoms with Gasteiger partial charge in [0.1, 0.15) is 18.0 Å². The molecule has 27 heavy (non-hydrogen) atoms. The van der Waals surface area contributed by atoms with Crippen molar-refractivity contribution < 1.29 is 18.8 Å². The van der Waals surface area contributed by atoms with E-state index in [1.54, 1.807) is 5.38 Å². The van der Waals surface area contributed by atoms with Gasteiger partial charge in [0.2, 0.25) is 17.7 Å². The highest BCUT2D eigenvalue weighted by molar-refractivity contribution is 7.14. The molecule has 3 heterocycles. The first-order valence-electron chi connectivity index (χ1n) is 8.87. The second kappa shape index (κ2) is 5.88. The average molecular weight is 383 g/mol. The van der Waals surface area contributed by atoms with Crippen LogP contribution in [0.3, 0.4) is 0 Å². The second-order valence-corrected chi connectivity index (χ2v) is 8.12. The number of anilines is 1. The maximum Gasteiger partial charge on any atom is 0.246 e. The summed E-state index contributed by atoms with van der Waals surface area (Å²) in [5, 5.41) is 4.87. The van der Waals surface area contributed by atoms with Crippen LogP contribution >= 0.6 is 11.3 Å². The molecular formula is C19H17N3O4S. The fraction of sp³-hybridized carbons (Fsp3) is 0.368. The molecule has 2 bridgehead atoms. The van der Waals surface area contributed by atoms with Crippen LogP contribution in [-0.4, -0.2) is 34.2 Å². The van der Waals surface area contributed by atoms with E-state index >= 15 is 0 Å². The van der Waals surface area contributed by atoms with Gasteiger partial charge in [-0.1, -0.05) is 12.2 Å². The molecule has 138 valence electrons. The Labute approximate surface area is 159 Å². The minimum absolute atomic E-state index is 0.141. The minimum atomic E-state index is -0.423. The zero-order valence-electron chi connectivity index (χ0n) is 14.5. The molecule has 2 aromatic heterocycles. The van der Waals surface area contributed by atoms with Gasteiger partial charge in [0, 0.05) is 5.38 Å². The molecule has 0 aromatic carbocycles. The maximum absolute atomic E-state index is 12.6. The molecule has 0 radical (unpaired) electrons. The zero-order chi connectivity index (χ0) is 18.7. The van der Waals surface area contributed by atoms with Gasteiger partial charge in [-0.3, -0.25) is 19.3 Å². The fourth-order valence-corrected chi connectivity index (χ4v) is 5.15. The van der Waals surface area contributed by atoms with Crippen LogP contribution in [0.25, 0.3) is 11.5 Å². The number of hydrogen-bond acceptors (Lipinski definition) is 6. The van der Waals surface area contributed by atoms with Crippen LogP contribution in [0.1, 0.15) is 12.2 Å². The van der Waals surface area contributed by atoms with Crippen LogP contribution < -0.4 is 5.32 Å². The van der Waals surface area contributed by atoms with Crippen molar-refractivity contribution in [3.8, 4) is 11.5 Å². The van der Waals surface area contributed by atoms with Crippen LogP contribution in [0, 0.1) is 30.6 Å². The number of rotatable bonds is 4. The lowest BCUT2D eigenvalue weighted by Crippen LogP contribution is -2.39. The van der Waals surface area contributed by atoms with E-state index in [9.17, 15) is 14.4 Å². The predicted molar refractivity (Wildman–Crippen MR) is 97.6 cm³/mol. The number of aromatic nitrogens is 1. The third kappa shape index (κ3) is 2.55. The number of nitrogens with zero attached hydrogens (tertiary/aromatic N) is 2. The fourth-order valence-electron chi connectivity index (χ4n) is 4.44. The highest BCUT2D eigenvalue weighted by Crippen LogP contribution is 2.52. The summed E-state index contributed by atoms with van der Waals surface area (Å²) in [4.78, 5) is 43.1. The predicted octanol–water partition coefficient (Wildman–Crippen LogP) is 2.46. The molecule has 7 nitrogen and oxygen atoms in total. The number of aryl methyl sites for hydroxylation is 1. The number of carbonyl (C=O) groups excluding carboxylic acids is 3. The number of likely N-dealkylation sites (tertiary alicyclic amines) is 1. The van der Waals surface area contributed by atoms with Crippen LogP contribution in [0.15, 0.2) is 34.1 Å². The summed E-state index contributed by atoms with van der Waals surface area (Å²) in [5.74, 6) is 0.265. The van der Waals surface area contributed by atoms with Gasteiger partial charge >= 0.3 is 0 Å². The number of furan rings is 1. The molecular weight excluding hydrogens is 366 g/mol. The van der Waals surface area contributed by atoms with Crippen LogP contribution in [0.4, 0.5) is 5.13 Å². The Kier molecular flexibility index (Phi) is 3.58. The van der Waals surface area contributed by atoms with E-state index < -0.39 is 5.91 Å². The van der Waals surface area contributed by atoms with Gasteiger partial charge in [-0.2, -0.15) is 0 Å². The van der Waals surface area contributed by atoms with E-state index in [4.69, 9.17) is 4.42 Å². The van der Waals surface area contributed by atoms with Gasteiger partial charge < -0.3 is 9.73 Å². The second-order valence-electron chi connectivity index (χ2n) is 7.26. The molecule has 1 N–H and O–H groups in total. The first kappa shape index (κ1) is 16.4. The Morgan fingerprint density at radius 2 is 1.96 bits per heavy atom. The van der Waals surface area contributed by atoms with Crippen molar-refractivity contribution in [1.29, 1.82) is 0 Å². The number of hydrogen-bond donors (Lipinski definition) is 1. The monoisotopic (exact) mass is 383 g/mol. The quantitative estimate of drug-likeness (QED) is 0.647. The average Bonchev–Trinajstić information content (AvgIpc) is 3.42. The van der Waals surface area contributed by atoms with Crippen molar-refractivity contribution in [1.82, 2.24) is 9.88 Å². The largest absolute Gasteiger partial charge is 0.460 e. The van der Waals surface area contributed by atoms with E-state index in [1.807, 2.05) is 31.2 Å². The molecule has 1 aliphatic heterocycles. The van der Waals surface area contributed by atoms with Gasteiger partial charge in [0.15, 0.2) is 10.9 Å². The Balaban J connectivity index is 1.26. The molecule has 2 aromatic rings. The van der Waals surface area contributed by atoms with Crippen molar-refractivity contribution in [2.24, 2.45) is 23.7 Å². The maximum atomic E-state index is 12.6. The number of fused-ring (bicyclic) bond motifs is 5. The van der Waals surface area contributed by atoms with Crippen molar-refractivity contribution >= 4 is 34.2 Å². The number of allylic oxidation sites excluding steroid dienone is 2. The Hall–Kier alpha value is -2.74. The Morgan fingerprint density at radius 1 is 1.26 bits per heavy atom. The van der Waals surface area contributed by atoms with Gasteiger partial charge in [-0.25, -0.2) is 4.98 Å². The van der Waals surface area contributed by atoms with Gasteiger partial charge in [-0.15, -0.1) is 11.3 Å². The summed E-state index contributed by atoms with van der Waals surface area (Å²) in [6.07, 6.45) is 4.95. The van der Waals surface area contributed by atoms with Crippen molar-refractivity contribution in [3.63, 3.8) is 0 Å². The summed E-state index contributed by atoms with van der Waals surface area (Å²) >= 11 is 1.27. The van der Waals surface area contributed by atoms with E-state index in [0.717, 1.165) is 17.1 Å². The first-order valence-corrected chi connectivity index (χ1v) is 9.75. The van der Waals surface area contributed by atoms with E-state index in [0.29, 0.717) is 16.6 Å². The molecule has 0 spiro atoms. The number of amides is 3. The van der Waals surface area contributed by atoms with Crippen molar-refractivity contribution in [3.05, 3.63) is 35.4 Å². The Bertz CT molecular complexity index is 961. The molecule has 3 aliphatic rings. The van der Waals surface area contributed by atoms with Crippen LogP contribution in [0.5, 0.6) is 0 Å². The molecule has 4 atom stereocenters. The van der Waals surface area contributed by atoms with E-state index in [2.05, 4.69) is 10.3 Å². The third-order valence-electron chi connectivity index (χ3n) is 5.61. The lowest BCUT2D eigenvalue weighted by molar-refractivity contribution is -0.143. The van der Waals surface area contributed by atoms with Crippen LogP contribution in [-0.2, 0) is 14.4 Å². The normalized spacial score (nSPS) is 28.3. The van der Waals surface area contributed by atoms with Gasteiger partial charge in [0.05, 0.1) is 11.8 Å². The lowest BCUT2D eigenvalue weighted by atomic mass is 9.85. The molecule has 2 aliphatic carbocycles. The summed E-state index contributed by atoms with van der Waals surface area (Å²) in [5.41, 5.74) is 0.633. The van der Waals surface area contributed by atoms with Gasteiger partial charge in [-0.05, 0) is 37.3 Å². The molecule has 0 unspecified atom stereocenters. The van der Waals surface area contributed by atoms with Crippen molar-refractivity contribution in [2.75, 3.05) is 11.9 Å². The highest BCUT2D eigenvalue weighted by Gasteiger charge is 2.59. The van der Waals surface area contributed by atoms with Gasteiger partial charge in [0.25, 0.3) is 0 Å². The molecule has 1 saturated carbocycles. The molecule has 3 amide bonds. The number of nitrogens with one attached hydrogen (secondary N) is 1. The van der Waals surface area contributed by atoms with Crippen molar-refractivity contribution in [2.45, 2.75) is 13.3 Å². The first-order chi connectivity index (χ1) is 13.0. The summed E-state index contributed by atoms with van der Waals surface area (Å²) < 4.78 is 5.52. The smallest absolute Gasteiger partial charge is 0.246 e. The third-order valence-corrected chi connectivity index (χ3v) is 6.36. The standard InChI is InChI=1S/C19H17N3O4S/c1-9-2-5-13(26-9)12-8-27-19(20-12)21-14(23)7-22-17(24)15-10-3-4-11(6-10)16(15)18(22)25/h2-5,8,10-11,15-16H,6-7H2,1H3,(H,20,21,23)/t10-,11-,15+,16+/m0/s1. The molecule has 1 saturated heterocycles. The summed E-state index contributed by atoms with van der Waals surface area (Å²) in [7, 11) is 0. The summed E-state index contributed by atoms with van der Waals surface area (Å²) in [6, 6.07) is 3.66. The molecule has 2 fully saturated rings. The SMILES string of the molecule is Cc1ccc(-c2csc(NC(=O)CN3C(=O)[C@H]4[C@H](C3=O)[C@H]3C=C[C@H]4C3)n2)o1. The topological polar surface area (TPSA) is 92.5 Å². The highest BCUT2D eigenvalue weighted by atomic mass is 32.1. The van der Waals surface area contributed by atoms with Crippen LogP contribution in [0.2, 0.25) is 0 Å². The molecule has 8 heteroatoms. The number of carbonyl (C=O) groups is 3. The minimum Gasteiger partial charge on any atom is -0.460 e. The number of imide groups is 1.